The molecule has 0 aliphatic carbocycles. The molecule has 1 amide bonds. The average Bonchev–Trinajstić information content (AvgIpc) is 3.10. The number of aromatic nitrogens is 1. The SMILES string of the molecule is COCCNC(=O)c1cc2occc2n1Cc1cccc(Cl)c1. The summed E-state index contributed by atoms with van der Waals surface area (Å²) in [6.07, 6.45) is 1.62. The lowest BCUT2D eigenvalue weighted by atomic mass is 10.2. The first-order chi connectivity index (χ1) is 11.2. The number of carbonyl (C=O) groups is 1. The molecule has 0 bridgehead atoms. The number of rotatable bonds is 6. The number of ether oxygens (including phenoxy) is 1. The van der Waals surface area contributed by atoms with Gasteiger partial charge in [-0.25, -0.2) is 0 Å². The van der Waals surface area contributed by atoms with Crippen LogP contribution < -0.4 is 5.32 Å². The average molecular weight is 333 g/mol. The summed E-state index contributed by atoms with van der Waals surface area (Å²) in [5.74, 6) is -0.157. The van der Waals surface area contributed by atoms with E-state index < -0.39 is 0 Å². The molecule has 120 valence electrons. The molecule has 6 heteroatoms. The monoisotopic (exact) mass is 332 g/mol. The van der Waals surface area contributed by atoms with E-state index >= 15 is 0 Å². The molecule has 0 saturated carbocycles. The van der Waals surface area contributed by atoms with Gasteiger partial charge in [-0.3, -0.25) is 4.79 Å². The zero-order valence-corrected chi connectivity index (χ0v) is 13.5. The molecule has 23 heavy (non-hydrogen) atoms. The zero-order chi connectivity index (χ0) is 16.2. The number of benzene rings is 1. The minimum atomic E-state index is -0.157. The number of halogens is 1. The van der Waals surface area contributed by atoms with Gasteiger partial charge in [0.2, 0.25) is 0 Å². The van der Waals surface area contributed by atoms with Gasteiger partial charge in [0.25, 0.3) is 5.91 Å². The van der Waals surface area contributed by atoms with Gasteiger partial charge in [0.15, 0.2) is 5.58 Å². The minimum Gasteiger partial charge on any atom is -0.463 e. The fourth-order valence-corrected chi connectivity index (χ4v) is 2.72. The Bertz CT molecular complexity index is 822. The molecule has 3 rings (SSSR count). The second-order valence-electron chi connectivity index (χ2n) is 5.16. The lowest BCUT2D eigenvalue weighted by molar-refractivity contribution is 0.0928. The molecule has 0 saturated heterocycles. The first kappa shape index (κ1) is 15.6. The first-order valence-electron chi connectivity index (χ1n) is 7.27. The van der Waals surface area contributed by atoms with Gasteiger partial charge in [-0.2, -0.15) is 0 Å². The van der Waals surface area contributed by atoms with Gasteiger partial charge < -0.3 is 19.0 Å². The first-order valence-corrected chi connectivity index (χ1v) is 7.65. The molecular formula is C17H17ClN2O3. The molecule has 2 aromatic heterocycles. The topological polar surface area (TPSA) is 56.4 Å². The number of carbonyl (C=O) groups excluding carboxylic acids is 1. The summed E-state index contributed by atoms with van der Waals surface area (Å²) in [6, 6.07) is 11.2. The molecule has 0 unspecified atom stereocenters. The van der Waals surface area contributed by atoms with E-state index in [-0.39, 0.29) is 5.91 Å². The Morgan fingerprint density at radius 3 is 3.00 bits per heavy atom. The van der Waals surface area contributed by atoms with Crippen molar-refractivity contribution < 1.29 is 13.9 Å². The van der Waals surface area contributed by atoms with E-state index in [0.717, 1.165) is 11.1 Å². The van der Waals surface area contributed by atoms with E-state index in [4.69, 9.17) is 20.8 Å². The highest BCUT2D eigenvalue weighted by Gasteiger charge is 2.17. The molecule has 3 aromatic rings. The number of fused-ring (bicyclic) bond motifs is 1. The van der Waals surface area contributed by atoms with E-state index in [1.165, 1.54) is 0 Å². The Kier molecular flexibility index (Phi) is 4.69. The smallest absolute Gasteiger partial charge is 0.268 e. The van der Waals surface area contributed by atoms with Gasteiger partial charge in [-0.05, 0) is 17.7 Å². The minimum absolute atomic E-state index is 0.157. The standard InChI is InChI=1S/C17H17ClN2O3/c1-22-8-6-19-17(21)15-10-16-14(5-7-23-16)20(15)11-12-3-2-4-13(18)9-12/h2-5,7,9-10H,6,8,11H2,1H3,(H,19,21). The van der Waals surface area contributed by atoms with Crippen LogP contribution in [0.25, 0.3) is 11.1 Å². The third kappa shape index (κ3) is 3.41. The van der Waals surface area contributed by atoms with Crippen molar-refractivity contribution in [2.24, 2.45) is 0 Å². The van der Waals surface area contributed by atoms with E-state index in [1.807, 2.05) is 34.9 Å². The van der Waals surface area contributed by atoms with Crippen molar-refractivity contribution in [3.63, 3.8) is 0 Å². The van der Waals surface area contributed by atoms with Crippen LogP contribution >= 0.6 is 11.6 Å². The predicted octanol–water partition coefficient (Wildman–Crippen LogP) is 3.31. The van der Waals surface area contributed by atoms with E-state index in [0.29, 0.717) is 36.0 Å². The largest absolute Gasteiger partial charge is 0.463 e. The van der Waals surface area contributed by atoms with Crippen molar-refractivity contribution in [2.45, 2.75) is 6.54 Å². The second-order valence-corrected chi connectivity index (χ2v) is 5.60. The van der Waals surface area contributed by atoms with Crippen molar-refractivity contribution >= 4 is 28.6 Å². The van der Waals surface area contributed by atoms with Gasteiger partial charge in [-0.15, -0.1) is 0 Å². The maximum Gasteiger partial charge on any atom is 0.268 e. The molecule has 1 aromatic carbocycles. The maximum absolute atomic E-state index is 12.4. The maximum atomic E-state index is 12.4. The van der Waals surface area contributed by atoms with Crippen LogP contribution in [0.5, 0.6) is 0 Å². The van der Waals surface area contributed by atoms with Gasteiger partial charge in [0, 0.05) is 37.4 Å². The van der Waals surface area contributed by atoms with Crippen LogP contribution in [0.1, 0.15) is 16.1 Å². The number of hydrogen-bond acceptors (Lipinski definition) is 3. The lowest BCUT2D eigenvalue weighted by Crippen LogP contribution is -2.29. The molecule has 0 atom stereocenters. The highest BCUT2D eigenvalue weighted by molar-refractivity contribution is 6.30. The Morgan fingerprint density at radius 2 is 2.22 bits per heavy atom. The third-order valence-corrected chi connectivity index (χ3v) is 3.81. The summed E-state index contributed by atoms with van der Waals surface area (Å²) < 4.78 is 12.3. The van der Waals surface area contributed by atoms with Crippen LogP contribution in [-0.2, 0) is 11.3 Å². The highest BCUT2D eigenvalue weighted by atomic mass is 35.5. The van der Waals surface area contributed by atoms with Gasteiger partial charge in [0.1, 0.15) is 5.69 Å². The summed E-state index contributed by atoms with van der Waals surface area (Å²) >= 11 is 6.05. The fourth-order valence-electron chi connectivity index (χ4n) is 2.51. The molecule has 0 spiro atoms. The van der Waals surface area contributed by atoms with Crippen LogP contribution in [0.15, 0.2) is 47.1 Å². The Hall–Kier alpha value is -2.24. The third-order valence-electron chi connectivity index (χ3n) is 3.58. The van der Waals surface area contributed by atoms with E-state index in [1.54, 1.807) is 19.4 Å². The Labute approximate surface area is 138 Å². The summed E-state index contributed by atoms with van der Waals surface area (Å²) in [4.78, 5) is 12.4. The van der Waals surface area contributed by atoms with E-state index in [9.17, 15) is 4.79 Å². The van der Waals surface area contributed by atoms with Crippen LogP contribution in [0.3, 0.4) is 0 Å². The summed E-state index contributed by atoms with van der Waals surface area (Å²) in [7, 11) is 1.60. The highest BCUT2D eigenvalue weighted by Crippen LogP contribution is 2.23. The van der Waals surface area contributed by atoms with Crippen LogP contribution in [-0.4, -0.2) is 30.7 Å². The number of methoxy groups -OCH3 is 1. The van der Waals surface area contributed by atoms with Gasteiger partial charge in [-0.1, -0.05) is 23.7 Å². The van der Waals surface area contributed by atoms with Crippen LogP contribution in [0.2, 0.25) is 5.02 Å². The van der Waals surface area contributed by atoms with Gasteiger partial charge >= 0.3 is 0 Å². The molecule has 0 fully saturated rings. The summed E-state index contributed by atoms with van der Waals surface area (Å²) in [5, 5.41) is 3.51. The predicted molar refractivity (Wildman–Crippen MR) is 89.0 cm³/mol. The molecule has 0 aliphatic heterocycles. The lowest BCUT2D eigenvalue weighted by Gasteiger charge is -2.11. The normalized spacial score (nSPS) is 11.0. The van der Waals surface area contributed by atoms with Crippen LogP contribution in [0.4, 0.5) is 0 Å². The summed E-state index contributed by atoms with van der Waals surface area (Å²) in [6.45, 7) is 1.46. The number of nitrogens with zero attached hydrogens (tertiary/aromatic N) is 1. The van der Waals surface area contributed by atoms with Gasteiger partial charge in [0.05, 0.1) is 18.4 Å². The second kappa shape index (κ2) is 6.89. The van der Waals surface area contributed by atoms with Crippen molar-refractivity contribution in [1.29, 1.82) is 0 Å². The van der Waals surface area contributed by atoms with Crippen molar-refractivity contribution in [3.05, 3.63) is 58.9 Å². The molecule has 2 heterocycles. The number of hydrogen-bond donors (Lipinski definition) is 1. The van der Waals surface area contributed by atoms with Crippen LogP contribution in [0, 0.1) is 0 Å². The number of furan rings is 1. The molecule has 5 nitrogen and oxygen atoms in total. The van der Waals surface area contributed by atoms with E-state index in [2.05, 4.69) is 5.32 Å². The quantitative estimate of drug-likeness (QED) is 0.704. The molecule has 0 radical (unpaired) electrons. The van der Waals surface area contributed by atoms with Crippen molar-refractivity contribution in [2.75, 3.05) is 20.3 Å². The van der Waals surface area contributed by atoms with Crippen molar-refractivity contribution in [1.82, 2.24) is 9.88 Å². The number of nitrogens with one attached hydrogen (secondary N) is 1. The zero-order valence-electron chi connectivity index (χ0n) is 12.7. The molecular weight excluding hydrogens is 316 g/mol. The number of amides is 1. The Balaban J connectivity index is 1.92. The fraction of sp³-hybridized carbons (Fsp3) is 0.235. The van der Waals surface area contributed by atoms with Crippen molar-refractivity contribution in [3.8, 4) is 0 Å². The summed E-state index contributed by atoms with van der Waals surface area (Å²) in [5.41, 5.74) is 3.13. The Morgan fingerprint density at radius 1 is 1.35 bits per heavy atom. The molecule has 1 N–H and O–H groups in total. The molecule has 0 aliphatic rings.